The topological polar surface area (TPSA) is 29.3 Å². The van der Waals surface area contributed by atoms with Crippen LogP contribution in [0.1, 0.15) is 26.3 Å². The van der Waals surface area contributed by atoms with Crippen molar-refractivity contribution >= 4 is 11.4 Å². The van der Waals surface area contributed by atoms with E-state index in [1.165, 1.54) is 11.3 Å². The third-order valence-corrected chi connectivity index (χ3v) is 2.38. The fourth-order valence-corrected chi connectivity index (χ4v) is 1.80. The van der Waals surface area contributed by atoms with Crippen LogP contribution in [0, 0.1) is 6.92 Å². The lowest BCUT2D eigenvalue weighted by Crippen LogP contribution is -2.30. The van der Waals surface area contributed by atoms with Crippen LogP contribution < -0.4 is 10.6 Å². The first-order chi connectivity index (χ1) is 6.54. The van der Waals surface area contributed by atoms with E-state index in [4.69, 9.17) is 5.73 Å². The molecule has 0 aliphatic carbocycles. The predicted octanol–water partition coefficient (Wildman–Crippen LogP) is 2.81. The number of rotatable bonds is 3. The average Bonchev–Trinajstić information content (AvgIpc) is 2.02. The molecule has 0 amide bonds. The first-order valence-corrected chi connectivity index (χ1v) is 5.18. The van der Waals surface area contributed by atoms with Crippen LogP contribution in [-0.4, -0.2) is 12.6 Å². The summed E-state index contributed by atoms with van der Waals surface area (Å²) in [7, 11) is 0. The summed E-state index contributed by atoms with van der Waals surface area (Å²) >= 11 is 0. The molecule has 0 atom stereocenters. The maximum Gasteiger partial charge on any atom is 0.0391 e. The minimum absolute atomic E-state index is 0.515. The molecule has 0 unspecified atom stereocenters. The Morgan fingerprint density at radius 3 is 2.36 bits per heavy atom. The summed E-state index contributed by atoms with van der Waals surface area (Å²) in [5.74, 6) is 0. The minimum atomic E-state index is 0.515. The zero-order chi connectivity index (χ0) is 10.7. The van der Waals surface area contributed by atoms with Crippen molar-refractivity contribution in [1.29, 1.82) is 0 Å². The number of hydrogen-bond acceptors (Lipinski definition) is 2. The predicted molar refractivity (Wildman–Crippen MR) is 63.7 cm³/mol. The molecule has 0 aliphatic rings. The second kappa shape index (κ2) is 4.36. The van der Waals surface area contributed by atoms with Gasteiger partial charge in [0.05, 0.1) is 0 Å². The van der Waals surface area contributed by atoms with Gasteiger partial charge in [-0.15, -0.1) is 0 Å². The lowest BCUT2D eigenvalue weighted by atomic mass is 10.1. The van der Waals surface area contributed by atoms with Crippen molar-refractivity contribution in [3.05, 3.63) is 23.8 Å². The van der Waals surface area contributed by atoms with Crippen LogP contribution in [0.5, 0.6) is 0 Å². The lowest BCUT2D eigenvalue weighted by molar-refractivity contribution is 0.704. The van der Waals surface area contributed by atoms with Crippen molar-refractivity contribution in [1.82, 2.24) is 0 Å². The molecule has 0 fully saturated rings. The van der Waals surface area contributed by atoms with Crippen molar-refractivity contribution in [3.63, 3.8) is 0 Å². The van der Waals surface area contributed by atoms with Gasteiger partial charge in [0.2, 0.25) is 0 Å². The van der Waals surface area contributed by atoms with Crippen molar-refractivity contribution < 1.29 is 0 Å². The summed E-state index contributed by atoms with van der Waals surface area (Å²) in [6, 6.07) is 6.73. The number of hydrogen-bond donors (Lipinski definition) is 1. The van der Waals surface area contributed by atoms with E-state index in [2.05, 4.69) is 38.7 Å². The van der Waals surface area contributed by atoms with Gasteiger partial charge in [-0.1, -0.05) is 0 Å². The van der Waals surface area contributed by atoms with Gasteiger partial charge >= 0.3 is 0 Å². The second-order valence-electron chi connectivity index (χ2n) is 3.98. The van der Waals surface area contributed by atoms with Crippen LogP contribution in [0.25, 0.3) is 0 Å². The Kier molecular flexibility index (Phi) is 3.39. The van der Waals surface area contributed by atoms with Crippen molar-refractivity contribution in [2.45, 2.75) is 33.7 Å². The van der Waals surface area contributed by atoms with E-state index in [9.17, 15) is 0 Å². The third kappa shape index (κ3) is 2.41. The number of aryl methyl sites for hydroxylation is 1. The van der Waals surface area contributed by atoms with Gasteiger partial charge in [-0.25, -0.2) is 0 Å². The smallest absolute Gasteiger partial charge is 0.0391 e. The summed E-state index contributed by atoms with van der Waals surface area (Å²) in [5.41, 5.74) is 9.12. The molecule has 2 N–H and O–H groups in total. The van der Waals surface area contributed by atoms with Gasteiger partial charge in [0.25, 0.3) is 0 Å². The standard InChI is InChI=1S/C12H20N2/c1-5-14(9(2)3)12-7-10(4)6-11(13)8-12/h6-9H,5,13H2,1-4H3. The molecule has 1 aromatic rings. The van der Waals surface area contributed by atoms with E-state index in [0.29, 0.717) is 6.04 Å². The number of anilines is 2. The van der Waals surface area contributed by atoms with Gasteiger partial charge in [0.1, 0.15) is 0 Å². The summed E-state index contributed by atoms with van der Waals surface area (Å²) in [4.78, 5) is 2.34. The van der Waals surface area contributed by atoms with Crippen molar-refractivity contribution in [2.24, 2.45) is 0 Å². The Bertz CT molecular complexity index is 285. The Balaban J connectivity index is 3.04. The Morgan fingerprint density at radius 2 is 1.93 bits per heavy atom. The zero-order valence-electron chi connectivity index (χ0n) is 9.54. The van der Waals surface area contributed by atoms with Crippen molar-refractivity contribution in [2.75, 3.05) is 17.2 Å². The van der Waals surface area contributed by atoms with Crippen LogP contribution in [0.3, 0.4) is 0 Å². The molecule has 78 valence electrons. The first-order valence-electron chi connectivity index (χ1n) is 5.18. The van der Waals surface area contributed by atoms with Crippen LogP contribution in [-0.2, 0) is 0 Å². The maximum absolute atomic E-state index is 5.83. The number of nitrogens with zero attached hydrogens (tertiary/aromatic N) is 1. The van der Waals surface area contributed by atoms with Crippen molar-refractivity contribution in [3.8, 4) is 0 Å². The van der Waals surface area contributed by atoms with Crippen LogP contribution in [0.4, 0.5) is 11.4 Å². The molecule has 2 heteroatoms. The van der Waals surface area contributed by atoms with Gasteiger partial charge in [-0.3, -0.25) is 0 Å². The van der Waals surface area contributed by atoms with E-state index < -0.39 is 0 Å². The Hall–Kier alpha value is -1.18. The van der Waals surface area contributed by atoms with Gasteiger partial charge in [0, 0.05) is 24.0 Å². The van der Waals surface area contributed by atoms with E-state index in [0.717, 1.165) is 12.2 Å². The van der Waals surface area contributed by atoms with E-state index in [1.807, 2.05) is 12.1 Å². The minimum Gasteiger partial charge on any atom is -0.399 e. The van der Waals surface area contributed by atoms with E-state index in [-0.39, 0.29) is 0 Å². The number of nitrogen functional groups attached to an aromatic ring is 1. The number of nitrogens with two attached hydrogens (primary N) is 1. The van der Waals surface area contributed by atoms with Crippen LogP contribution in [0.2, 0.25) is 0 Å². The summed E-state index contributed by atoms with van der Waals surface area (Å²) in [5, 5.41) is 0. The van der Waals surface area contributed by atoms with E-state index >= 15 is 0 Å². The molecule has 0 aliphatic heterocycles. The van der Waals surface area contributed by atoms with Crippen LogP contribution >= 0.6 is 0 Å². The molecular formula is C12H20N2. The fraction of sp³-hybridized carbons (Fsp3) is 0.500. The molecule has 0 saturated heterocycles. The molecule has 2 nitrogen and oxygen atoms in total. The first kappa shape index (κ1) is 10.9. The largest absolute Gasteiger partial charge is 0.399 e. The molecule has 0 saturated carbocycles. The summed E-state index contributed by atoms with van der Waals surface area (Å²) < 4.78 is 0. The number of benzene rings is 1. The molecule has 0 radical (unpaired) electrons. The average molecular weight is 192 g/mol. The highest BCUT2D eigenvalue weighted by Gasteiger charge is 2.08. The highest BCUT2D eigenvalue weighted by Crippen LogP contribution is 2.21. The van der Waals surface area contributed by atoms with Gasteiger partial charge in [0.15, 0.2) is 0 Å². The summed E-state index contributed by atoms with van der Waals surface area (Å²) in [6.45, 7) is 9.65. The second-order valence-corrected chi connectivity index (χ2v) is 3.98. The molecule has 14 heavy (non-hydrogen) atoms. The normalized spacial score (nSPS) is 10.6. The van der Waals surface area contributed by atoms with Crippen LogP contribution in [0.15, 0.2) is 18.2 Å². The maximum atomic E-state index is 5.83. The molecule has 1 aromatic carbocycles. The monoisotopic (exact) mass is 192 g/mol. The highest BCUT2D eigenvalue weighted by atomic mass is 15.1. The van der Waals surface area contributed by atoms with Gasteiger partial charge < -0.3 is 10.6 Å². The quantitative estimate of drug-likeness (QED) is 0.746. The fourth-order valence-electron chi connectivity index (χ4n) is 1.80. The van der Waals surface area contributed by atoms with Gasteiger partial charge in [-0.2, -0.15) is 0 Å². The molecule has 1 rings (SSSR count). The summed E-state index contributed by atoms with van der Waals surface area (Å²) in [6.07, 6.45) is 0. The molecule has 0 heterocycles. The molecule has 0 bridgehead atoms. The zero-order valence-corrected chi connectivity index (χ0v) is 9.54. The molecule has 0 spiro atoms. The molecular weight excluding hydrogens is 172 g/mol. The Labute approximate surface area is 86.7 Å². The third-order valence-electron chi connectivity index (χ3n) is 2.38. The van der Waals surface area contributed by atoms with E-state index in [1.54, 1.807) is 0 Å². The Morgan fingerprint density at radius 1 is 1.29 bits per heavy atom. The molecule has 0 aromatic heterocycles. The lowest BCUT2D eigenvalue weighted by Gasteiger charge is -2.28. The highest BCUT2D eigenvalue weighted by molar-refractivity contribution is 5.58. The van der Waals surface area contributed by atoms with Gasteiger partial charge in [-0.05, 0) is 51.5 Å². The SMILES string of the molecule is CCN(c1cc(C)cc(N)c1)C(C)C.